The van der Waals surface area contributed by atoms with E-state index in [2.05, 4.69) is 154 Å². The third-order valence-electron chi connectivity index (χ3n) is 14.6. The number of hydrogen-bond donors (Lipinski definition) is 0. The summed E-state index contributed by atoms with van der Waals surface area (Å²) < 4.78 is 16.9. The highest BCUT2D eigenvalue weighted by Gasteiger charge is 2.19. The number of ether oxygens (including phenoxy) is 3. The Labute approximate surface area is 513 Å². The van der Waals surface area contributed by atoms with Crippen LogP contribution >= 0.6 is 0 Å². The van der Waals surface area contributed by atoms with Gasteiger partial charge in [0.15, 0.2) is 6.10 Å². The maximum absolute atomic E-state index is 12.9. The van der Waals surface area contributed by atoms with Crippen molar-refractivity contribution in [1.29, 1.82) is 0 Å². The van der Waals surface area contributed by atoms with Gasteiger partial charge in [0, 0.05) is 19.3 Å². The van der Waals surface area contributed by atoms with Crippen molar-refractivity contribution in [2.24, 2.45) is 0 Å². The molecule has 0 aromatic carbocycles. The van der Waals surface area contributed by atoms with E-state index in [-0.39, 0.29) is 31.1 Å². The molecule has 0 aliphatic heterocycles. The van der Waals surface area contributed by atoms with Gasteiger partial charge in [-0.3, -0.25) is 14.4 Å². The van der Waals surface area contributed by atoms with Gasteiger partial charge < -0.3 is 14.2 Å². The lowest BCUT2D eigenvalue weighted by atomic mass is 10.1. The van der Waals surface area contributed by atoms with Crippen LogP contribution < -0.4 is 0 Å². The zero-order chi connectivity index (χ0) is 59.9. The molecule has 0 radical (unpaired) electrons. The molecular formula is C77H128O6. The SMILES string of the molecule is CC/C=C\C/C=C\C/C=C\C/C=C\C/C=C\C/C=C\C/C=C\C/C=C\CCCCCCCCCCCCC(=O)OCC(COC(=O)CCCCCCCCCCC)OC(=O)CCCCCCCC/C=C\C/C=C\C/C=C\CCCCCCC. The second kappa shape index (κ2) is 70.0. The van der Waals surface area contributed by atoms with Crippen molar-refractivity contribution < 1.29 is 28.6 Å². The van der Waals surface area contributed by atoms with Gasteiger partial charge in [-0.25, -0.2) is 0 Å². The number of rotatable bonds is 62. The second-order valence-corrected chi connectivity index (χ2v) is 22.7. The van der Waals surface area contributed by atoms with E-state index in [1.165, 1.54) is 141 Å². The first-order valence-corrected chi connectivity index (χ1v) is 34.7. The zero-order valence-electron chi connectivity index (χ0n) is 54.2. The molecule has 6 nitrogen and oxygen atoms in total. The molecule has 0 aromatic rings. The largest absolute Gasteiger partial charge is 0.462 e. The third kappa shape index (κ3) is 68.2. The van der Waals surface area contributed by atoms with Crippen LogP contribution in [0.2, 0.25) is 0 Å². The smallest absolute Gasteiger partial charge is 0.306 e. The molecule has 0 saturated carbocycles. The molecule has 0 saturated heterocycles. The molecule has 0 aliphatic carbocycles. The Balaban J connectivity index is 4.20. The highest BCUT2D eigenvalue weighted by atomic mass is 16.6. The molecule has 0 heterocycles. The van der Waals surface area contributed by atoms with Crippen molar-refractivity contribution in [3.63, 3.8) is 0 Å². The van der Waals surface area contributed by atoms with Gasteiger partial charge in [0.2, 0.25) is 0 Å². The summed E-state index contributed by atoms with van der Waals surface area (Å²) in [7, 11) is 0. The fourth-order valence-corrected chi connectivity index (χ4v) is 9.47. The lowest BCUT2D eigenvalue weighted by Gasteiger charge is -2.18. The minimum absolute atomic E-state index is 0.0845. The minimum Gasteiger partial charge on any atom is -0.462 e. The average molecular weight is 1150 g/mol. The molecule has 0 aliphatic rings. The quantitative estimate of drug-likeness (QED) is 0.0261. The molecule has 0 rings (SSSR count). The number of unbranched alkanes of at least 4 members (excludes halogenated alkanes) is 29. The molecule has 6 heteroatoms. The summed E-state index contributed by atoms with van der Waals surface area (Å²) in [5.74, 6) is -0.898. The fraction of sp³-hybridized carbons (Fsp3) is 0.675. The Kier molecular flexibility index (Phi) is 66.3. The summed E-state index contributed by atoms with van der Waals surface area (Å²) in [6.07, 6.45) is 99.1. The van der Waals surface area contributed by atoms with Gasteiger partial charge in [-0.15, -0.1) is 0 Å². The van der Waals surface area contributed by atoms with Crippen molar-refractivity contribution in [1.82, 2.24) is 0 Å². The van der Waals surface area contributed by atoms with E-state index in [0.717, 1.165) is 135 Å². The molecule has 0 spiro atoms. The second-order valence-electron chi connectivity index (χ2n) is 22.7. The van der Waals surface area contributed by atoms with Crippen molar-refractivity contribution in [3.8, 4) is 0 Å². The molecule has 0 bridgehead atoms. The molecule has 472 valence electrons. The number of allylic oxidation sites excluding steroid dienone is 22. The molecule has 0 N–H and O–H groups in total. The summed E-state index contributed by atoms with van der Waals surface area (Å²) in [5.41, 5.74) is 0. The van der Waals surface area contributed by atoms with E-state index in [0.29, 0.717) is 19.3 Å². The van der Waals surface area contributed by atoms with Gasteiger partial charge in [-0.05, 0) is 122 Å². The first-order valence-electron chi connectivity index (χ1n) is 34.7. The van der Waals surface area contributed by atoms with E-state index in [1.807, 2.05) is 0 Å². The molecule has 83 heavy (non-hydrogen) atoms. The Morgan fingerprint density at radius 3 is 0.735 bits per heavy atom. The topological polar surface area (TPSA) is 78.9 Å². The highest BCUT2D eigenvalue weighted by Crippen LogP contribution is 2.16. The number of carbonyl (C=O) groups is 3. The molecule has 0 amide bonds. The Morgan fingerprint density at radius 2 is 0.470 bits per heavy atom. The third-order valence-corrected chi connectivity index (χ3v) is 14.6. The average Bonchev–Trinajstić information content (AvgIpc) is 3.49. The van der Waals surface area contributed by atoms with Gasteiger partial charge in [0.05, 0.1) is 0 Å². The van der Waals surface area contributed by atoms with Crippen LogP contribution in [0.15, 0.2) is 134 Å². The Morgan fingerprint density at radius 1 is 0.253 bits per heavy atom. The van der Waals surface area contributed by atoms with E-state index in [1.54, 1.807) is 0 Å². The lowest BCUT2D eigenvalue weighted by Crippen LogP contribution is -2.30. The fourth-order valence-electron chi connectivity index (χ4n) is 9.47. The van der Waals surface area contributed by atoms with Crippen LogP contribution in [-0.2, 0) is 28.6 Å². The molecular weight excluding hydrogens is 1020 g/mol. The van der Waals surface area contributed by atoms with Gasteiger partial charge in [-0.1, -0.05) is 309 Å². The van der Waals surface area contributed by atoms with Gasteiger partial charge in [0.25, 0.3) is 0 Å². The summed E-state index contributed by atoms with van der Waals surface area (Å²) >= 11 is 0. The maximum Gasteiger partial charge on any atom is 0.306 e. The maximum atomic E-state index is 12.9. The zero-order valence-corrected chi connectivity index (χ0v) is 54.2. The van der Waals surface area contributed by atoms with Gasteiger partial charge in [-0.2, -0.15) is 0 Å². The minimum atomic E-state index is -0.789. The van der Waals surface area contributed by atoms with Crippen molar-refractivity contribution in [2.75, 3.05) is 13.2 Å². The van der Waals surface area contributed by atoms with Gasteiger partial charge >= 0.3 is 17.9 Å². The Bertz CT molecular complexity index is 1750. The summed E-state index contributed by atoms with van der Waals surface area (Å²) in [6.45, 7) is 6.50. The van der Waals surface area contributed by atoms with Crippen LogP contribution in [0, 0.1) is 0 Å². The first kappa shape index (κ1) is 78.5. The van der Waals surface area contributed by atoms with Crippen molar-refractivity contribution >= 4 is 17.9 Å². The van der Waals surface area contributed by atoms with Crippen molar-refractivity contribution in [3.05, 3.63) is 134 Å². The summed E-state index contributed by atoms with van der Waals surface area (Å²) in [4.78, 5) is 38.3. The number of esters is 3. The van der Waals surface area contributed by atoms with E-state index in [9.17, 15) is 14.4 Å². The predicted octanol–water partition coefficient (Wildman–Crippen LogP) is 24.1. The molecule has 0 fully saturated rings. The lowest BCUT2D eigenvalue weighted by molar-refractivity contribution is -0.167. The molecule has 1 atom stereocenters. The van der Waals surface area contributed by atoms with Crippen LogP contribution in [0.1, 0.15) is 316 Å². The number of hydrogen-bond acceptors (Lipinski definition) is 6. The van der Waals surface area contributed by atoms with Crippen LogP contribution in [0.5, 0.6) is 0 Å². The summed E-state index contributed by atoms with van der Waals surface area (Å²) in [5, 5.41) is 0. The highest BCUT2D eigenvalue weighted by molar-refractivity contribution is 5.71. The van der Waals surface area contributed by atoms with E-state index < -0.39 is 6.10 Å². The van der Waals surface area contributed by atoms with Gasteiger partial charge in [0.1, 0.15) is 13.2 Å². The van der Waals surface area contributed by atoms with Crippen LogP contribution in [0.4, 0.5) is 0 Å². The van der Waals surface area contributed by atoms with Crippen molar-refractivity contribution in [2.45, 2.75) is 322 Å². The molecule has 0 aromatic heterocycles. The van der Waals surface area contributed by atoms with E-state index in [4.69, 9.17) is 14.2 Å². The number of carbonyl (C=O) groups excluding carboxylic acids is 3. The normalized spacial score (nSPS) is 13.0. The molecule has 1 unspecified atom stereocenters. The van der Waals surface area contributed by atoms with E-state index >= 15 is 0 Å². The predicted molar refractivity (Wildman–Crippen MR) is 362 cm³/mol. The van der Waals surface area contributed by atoms with Crippen LogP contribution in [0.25, 0.3) is 0 Å². The summed E-state index contributed by atoms with van der Waals surface area (Å²) in [6, 6.07) is 0. The first-order chi connectivity index (χ1) is 41.0. The standard InChI is InChI=1S/C77H128O6/c1-4-7-10-13-16-19-21-23-25-27-29-31-32-33-34-35-36-37-38-39-40-41-42-43-44-46-47-49-51-53-55-58-61-64-67-70-76(79)82-73-74(72-81-75(78)69-66-63-60-57-18-15-12-9-6-3)83-77(80)71-68-65-62-59-56-54-52-50-48-45-30-28-26-24-22-20-17-14-11-8-5-2/h7,10,16,19,22-25,28-31,33-34,36-37,39-40,42-43,48,50,74H,4-6,8-9,11-15,17-18,20-21,26-27,32,35,38,41,44-47,49,51-73H2,1-3H3/b10-7-,19-16-,24-22-,25-23-,30-28-,31-29-,34-33-,37-36-,40-39-,43-42-,50-48-. The van der Waals surface area contributed by atoms with Crippen LogP contribution in [-0.4, -0.2) is 37.2 Å². The Hall–Kier alpha value is -4.45. The monoisotopic (exact) mass is 1150 g/mol. The van der Waals surface area contributed by atoms with Crippen LogP contribution in [0.3, 0.4) is 0 Å².